The summed E-state index contributed by atoms with van der Waals surface area (Å²) < 4.78 is 22.2. The van der Waals surface area contributed by atoms with Gasteiger partial charge in [0.25, 0.3) is 0 Å². The molecule has 1 rings (SSSR count). The van der Waals surface area contributed by atoms with Crippen LogP contribution >= 0.6 is 0 Å². The number of nitrogens with one attached hydrogen (secondary N) is 1. The first-order valence-corrected chi connectivity index (χ1v) is 8.20. The molecule has 126 valence electrons. The largest absolute Gasteiger partial charge is 0.344 e. The van der Waals surface area contributed by atoms with Crippen molar-refractivity contribution in [2.24, 2.45) is 10.9 Å². The van der Waals surface area contributed by atoms with Crippen molar-refractivity contribution in [3.05, 3.63) is 29.8 Å². The number of imide groups is 1. The van der Waals surface area contributed by atoms with E-state index in [2.05, 4.69) is 5.32 Å². The number of rotatable bonds is 7. The lowest BCUT2D eigenvalue weighted by atomic mass is 10.2. The predicted octanol–water partition coefficient (Wildman–Crippen LogP) is -1.72. The SMILES string of the molecule is NCCCN(C=O)C(=O)C(=O)NCc1ccc(S(N)(=O)=O)cc1. The maximum absolute atomic E-state index is 11.7. The van der Waals surface area contributed by atoms with Gasteiger partial charge in [0, 0.05) is 13.1 Å². The molecule has 0 aromatic heterocycles. The van der Waals surface area contributed by atoms with Crippen molar-refractivity contribution in [1.29, 1.82) is 0 Å². The molecule has 0 radical (unpaired) electrons. The van der Waals surface area contributed by atoms with Crippen LogP contribution in [0.5, 0.6) is 0 Å². The molecule has 1 aromatic carbocycles. The van der Waals surface area contributed by atoms with Gasteiger partial charge in [0.05, 0.1) is 4.90 Å². The van der Waals surface area contributed by atoms with Gasteiger partial charge in [-0.1, -0.05) is 12.1 Å². The molecular formula is C13H18N4O5S. The van der Waals surface area contributed by atoms with Gasteiger partial charge in [-0.25, -0.2) is 13.6 Å². The van der Waals surface area contributed by atoms with Crippen molar-refractivity contribution in [1.82, 2.24) is 10.2 Å². The van der Waals surface area contributed by atoms with E-state index >= 15 is 0 Å². The van der Waals surface area contributed by atoms with E-state index in [9.17, 15) is 22.8 Å². The second-order valence-electron chi connectivity index (χ2n) is 4.62. The molecule has 0 aliphatic carbocycles. The first-order valence-electron chi connectivity index (χ1n) is 6.65. The number of hydrogen-bond donors (Lipinski definition) is 3. The summed E-state index contributed by atoms with van der Waals surface area (Å²) in [5.41, 5.74) is 5.85. The molecule has 0 atom stereocenters. The van der Waals surface area contributed by atoms with Gasteiger partial charge in [0.15, 0.2) is 0 Å². The van der Waals surface area contributed by atoms with Crippen molar-refractivity contribution < 1.29 is 22.8 Å². The van der Waals surface area contributed by atoms with Crippen LogP contribution in [0.2, 0.25) is 0 Å². The minimum atomic E-state index is -3.79. The zero-order chi connectivity index (χ0) is 17.5. The molecule has 0 heterocycles. The van der Waals surface area contributed by atoms with Crippen LogP contribution in [-0.4, -0.2) is 44.6 Å². The third-order valence-corrected chi connectivity index (χ3v) is 3.82. The van der Waals surface area contributed by atoms with E-state index in [1.807, 2.05) is 0 Å². The lowest BCUT2D eigenvalue weighted by Crippen LogP contribution is -2.42. The Bertz CT molecular complexity index is 672. The Morgan fingerprint density at radius 2 is 1.83 bits per heavy atom. The van der Waals surface area contributed by atoms with Gasteiger partial charge >= 0.3 is 11.8 Å². The Balaban J connectivity index is 2.61. The zero-order valence-electron chi connectivity index (χ0n) is 12.3. The van der Waals surface area contributed by atoms with Gasteiger partial charge in [-0.15, -0.1) is 0 Å². The highest BCUT2D eigenvalue weighted by molar-refractivity contribution is 7.89. The van der Waals surface area contributed by atoms with Crippen molar-refractivity contribution in [2.75, 3.05) is 13.1 Å². The van der Waals surface area contributed by atoms with Gasteiger partial charge in [0.2, 0.25) is 16.4 Å². The quantitative estimate of drug-likeness (QED) is 0.396. The Hall–Kier alpha value is -2.30. The summed E-state index contributed by atoms with van der Waals surface area (Å²) in [6, 6.07) is 5.49. The summed E-state index contributed by atoms with van der Waals surface area (Å²) in [7, 11) is -3.79. The molecule has 0 saturated carbocycles. The highest BCUT2D eigenvalue weighted by Crippen LogP contribution is 2.08. The van der Waals surface area contributed by atoms with Crippen molar-refractivity contribution in [3.8, 4) is 0 Å². The average Bonchev–Trinajstić information content (AvgIpc) is 2.52. The fraction of sp³-hybridized carbons (Fsp3) is 0.308. The maximum Gasteiger partial charge on any atom is 0.318 e. The fourth-order valence-electron chi connectivity index (χ4n) is 1.65. The molecule has 0 fully saturated rings. The molecular weight excluding hydrogens is 324 g/mol. The third kappa shape index (κ3) is 5.77. The van der Waals surface area contributed by atoms with E-state index in [-0.39, 0.29) is 30.9 Å². The zero-order valence-corrected chi connectivity index (χ0v) is 13.1. The third-order valence-electron chi connectivity index (χ3n) is 2.89. The molecule has 1 aromatic rings. The van der Waals surface area contributed by atoms with Crippen molar-refractivity contribution in [3.63, 3.8) is 0 Å². The summed E-state index contributed by atoms with van der Waals surface area (Å²) in [5, 5.41) is 7.31. The number of benzene rings is 1. The smallest absolute Gasteiger partial charge is 0.318 e. The Kier molecular flexibility index (Phi) is 6.82. The number of nitrogens with zero attached hydrogens (tertiary/aromatic N) is 1. The number of carbonyl (C=O) groups is 3. The highest BCUT2D eigenvalue weighted by Gasteiger charge is 2.20. The van der Waals surface area contributed by atoms with E-state index in [1.54, 1.807) is 0 Å². The number of primary sulfonamides is 1. The van der Waals surface area contributed by atoms with Crippen molar-refractivity contribution in [2.45, 2.75) is 17.9 Å². The normalized spacial score (nSPS) is 10.9. The van der Waals surface area contributed by atoms with Crippen molar-refractivity contribution >= 4 is 28.2 Å². The van der Waals surface area contributed by atoms with E-state index in [4.69, 9.17) is 10.9 Å². The van der Waals surface area contributed by atoms with Gasteiger partial charge in [-0.05, 0) is 30.7 Å². The summed E-state index contributed by atoms with van der Waals surface area (Å²) >= 11 is 0. The second-order valence-corrected chi connectivity index (χ2v) is 6.18. The number of carbonyl (C=O) groups excluding carboxylic acids is 3. The van der Waals surface area contributed by atoms with Crippen LogP contribution < -0.4 is 16.2 Å². The average molecular weight is 342 g/mol. The number of nitrogens with two attached hydrogens (primary N) is 2. The fourth-order valence-corrected chi connectivity index (χ4v) is 2.16. The van der Waals surface area contributed by atoms with E-state index in [0.29, 0.717) is 12.0 Å². The summed E-state index contributed by atoms with van der Waals surface area (Å²) in [4.78, 5) is 34.9. The first kappa shape index (κ1) is 18.7. The van der Waals surface area contributed by atoms with E-state index in [1.165, 1.54) is 24.3 Å². The monoisotopic (exact) mass is 342 g/mol. The standard InChI is InChI=1S/C13H18N4O5S/c14-6-1-7-17(9-18)13(20)12(19)16-8-10-2-4-11(5-3-10)23(15,21)22/h2-5,9H,1,6-8,14H2,(H,16,19)(H2,15,21,22). The lowest BCUT2D eigenvalue weighted by molar-refractivity contribution is -0.148. The minimum Gasteiger partial charge on any atom is -0.344 e. The Morgan fingerprint density at radius 1 is 1.22 bits per heavy atom. The Morgan fingerprint density at radius 3 is 2.30 bits per heavy atom. The second kappa shape index (κ2) is 8.36. The van der Waals surface area contributed by atoms with E-state index in [0.717, 1.165) is 4.90 Å². The molecule has 0 saturated heterocycles. The van der Waals surface area contributed by atoms with Gasteiger partial charge < -0.3 is 11.1 Å². The molecule has 0 aliphatic heterocycles. The minimum absolute atomic E-state index is 0.000934. The summed E-state index contributed by atoms with van der Waals surface area (Å²) in [6.45, 7) is 0.351. The topological polar surface area (TPSA) is 153 Å². The summed E-state index contributed by atoms with van der Waals surface area (Å²) in [5.74, 6) is -1.92. The molecule has 0 aliphatic rings. The van der Waals surface area contributed by atoms with Crippen LogP contribution in [-0.2, 0) is 31.0 Å². The first-order chi connectivity index (χ1) is 10.8. The van der Waals surface area contributed by atoms with Gasteiger partial charge in [-0.3, -0.25) is 19.3 Å². The predicted molar refractivity (Wildman–Crippen MR) is 81.1 cm³/mol. The molecule has 5 N–H and O–H groups in total. The Labute approximate surface area is 133 Å². The number of sulfonamides is 1. The van der Waals surface area contributed by atoms with Gasteiger partial charge in [-0.2, -0.15) is 0 Å². The highest BCUT2D eigenvalue weighted by atomic mass is 32.2. The number of hydrogen-bond acceptors (Lipinski definition) is 6. The maximum atomic E-state index is 11.7. The molecule has 9 nitrogen and oxygen atoms in total. The van der Waals surface area contributed by atoms with Crippen LogP contribution in [0.15, 0.2) is 29.2 Å². The lowest BCUT2D eigenvalue weighted by Gasteiger charge is -2.14. The molecule has 0 unspecified atom stereocenters. The summed E-state index contributed by atoms with van der Waals surface area (Å²) in [6.07, 6.45) is 0.672. The molecule has 10 heteroatoms. The van der Waals surface area contributed by atoms with Crippen LogP contribution in [0.25, 0.3) is 0 Å². The van der Waals surface area contributed by atoms with Crippen LogP contribution in [0, 0.1) is 0 Å². The number of amides is 3. The van der Waals surface area contributed by atoms with Crippen LogP contribution in [0.1, 0.15) is 12.0 Å². The molecule has 0 bridgehead atoms. The van der Waals surface area contributed by atoms with Crippen LogP contribution in [0.3, 0.4) is 0 Å². The van der Waals surface area contributed by atoms with E-state index < -0.39 is 21.8 Å². The van der Waals surface area contributed by atoms with Gasteiger partial charge in [0.1, 0.15) is 0 Å². The molecule has 0 spiro atoms. The molecule has 23 heavy (non-hydrogen) atoms. The van der Waals surface area contributed by atoms with Crippen LogP contribution in [0.4, 0.5) is 0 Å². The molecule has 3 amide bonds.